The van der Waals surface area contributed by atoms with Crippen molar-refractivity contribution >= 4 is 5.97 Å². The second-order valence-electron chi connectivity index (χ2n) is 7.38. The van der Waals surface area contributed by atoms with Crippen LogP contribution in [-0.2, 0) is 21.7 Å². The number of benzene rings is 2. The van der Waals surface area contributed by atoms with E-state index in [0.717, 1.165) is 11.3 Å². The van der Waals surface area contributed by atoms with Gasteiger partial charge in [-0.2, -0.15) is 5.26 Å². The Bertz CT molecular complexity index is 1230. The first-order chi connectivity index (χ1) is 15.0. The number of hydrogen-bond donors (Lipinski definition) is 0. The SMILES string of the molecule is CC(C)(C(=O)OCc1ccccc1)n1cc(-c2cn(-c3ccc(C#N)cc3)nn2)nn1. The van der Waals surface area contributed by atoms with Crippen molar-refractivity contribution in [2.45, 2.75) is 26.0 Å². The van der Waals surface area contributed by atoms with Crippen LogP contribution in [0, 0.1) is 11.3 Å². The average molecular weight is 413 g/mol. The molecule has 0 radical (unpaired) electrons. The minimum absolute atomic E-state index is 0.184. The topological polar surface area (TPSA) is 112 Å². The van der Waals surface area contributed by atoms with Gasteiger partial charge in [-0.1, -0.05) is 40.8 Å². The van der Waals surface area contributed by atoms with E-state index in [1.54, 1.807) is 55.2 Å². The predicted molar refractivity (Wildman–Crippen MR) is 111 cm³/mol. The van der Waals surface area contributed by atoms with E-state index in [4.69, 9.17) is 10.00 Å². The number of aromatic nitrogens is 6. The predicted octanol–water partition coefficient (Wildman–Crippen LogP) is 2.88. The van der Waals surface area contributed by atoms with E-state index in [0.29, 0.717) is 17.0 Å². The van der Waals surface area contributed by atoms with Gasteiger partial charge in [0.15, 0.2) is 5.54 Å². The van der Waals surface area contributed by atoms with Crippen molar-refractivity contribution in [3.8, 4) is 23.1 Å². The molecule has 2 aromatic heterocycles. The molecule has 0 saturated heterocycles. The molecule has 0 amide bonds. The van der Waals surface area contributed by atoms with Crippen molar-refractivity contribution in [1.29, 1.82) is 5.26 Å². The quantitative estimate of drug-likeness (QED) is 0.447. The molecule has 31 heavy (non-hydrogen) atoms. The molecular weight excluding hydrogens is 394 g/mol. The number of carbonyl (C=O) groups excluding carboxylic acids is 1. The molecule has 2 aromatic carbocycles. The van der Waals surface area contributed by atoms with Crippen LogP contribution in [0.1, 0.15) is 25.0 Å². The van der Waals surface area contributed by atoms with Gasteiger partial charge in [-0.15, -0.1) is 10.2 Å². The summed E-state index contributed by atoms with van der Waals surface area (Å²) in [4.78, 5) is 12.7. The zero-order valence-electron chi connectivity index (χ0n) is 17.0. The van der Waals surface area contributed by atoms with Crippen LogP contribution in [0.4, 0.5) is 0 Å². The summed E-state index contributed by atoms with van der Waals surface area (Å²) >= 11 is 0. The summed E-state index contributed by atoms with van der Waals surface area (Å²) in [5, 5.41) is 25.4. The number of rotatable bonds is 6. The van der Waals surface area contributed by atoms with Crippen molar-refractivity contribution in [3.05, 3.63) is 78.1 Å². The third-order valence-electron chi connectivity index (χ3n) is 4.80. The third-order valence-corrected chi connectivity index (χ3v) is 4.80. The fourth-order valence-corrected chi connectivity index (χ4v) is 2.84. The Morgan fingerprint density at radius 1 is 1.00 bits per heavy atom. The van der Waals surface area contributed by atoms with Gasteiger partial charge in [0, 0.05) is 0 Å². The van der Waals surface area contributed by atoms with Crippen molar-refractivity contribution in [2.75, 3.05) is 0 Å². The molecule has 4 aromatic rings. The molecule has 9 nitrogen and oxygen atoms in total. The smallest absolute Gasteiger partial charge is 0.333 e. The summed E-state index contributed by atoms with van der Waals surface area (Å²) in [5.41, 5.74) is 2.16. The summed E-state index contributed by atoms with van der Waals surface area (Å²) in [6, 6.07) is 18.5. The van der Waals surface area contributed by atoms with Crippen molar-refractivity contribution in [1.82, 2.24) is 30.0 Å². The highest BCUT2D eigenvalue weighted by atomic mass is 16.5. The highest BCUT2D eigenvalue weighted by Gasteiger charge is 2.33. The maximum Gasteiger partial charge on any atom is 0.333 e. The van der Waals surface area contributed by atoms with Gasteiger partial charge in [0.1, 0.15) is 18.0 Å². The highest BCUT2D eigenvalue weighted by Crippen LogP contribution is 2.21. The maximum absolute atomic E-state index is 12.7. The van der Waals surface area contributed by atoms with Gasteiger partial charge in [0.25, 0.3) is 0 Å². The molecule has 2 heterocycles. The summed E-state index contributed by atoms with van der Waals surface area (Å²) in [5.74, 6) is -0.422. The fraction of sp³-hybridized carbons (Fsp3) is 0.182. The zero-order chi connectivity index (χ0) is 21.8. The molecule has 4 rings (SSSR count). The Morgan fingerprint density at radius 2 is 1.68 bits per heavy atom. The number of esters is 1. The van der Waals surface area contributed by atoms with Crippen LogP contribution in [-0.4, -0.2) is 36.0 Å². The van der Waals surface area contributed by atoms with Crippen molar-refractivity contribution in [3.63, 3.8) is 0 Å². The Balaban J connectivity index is 1.48. The molecular formula is C22H19N7O2. The molecule has 9 heteroatoms. The molecule has 0 atom stereocenters. The molecule has 0 bridgehead atoms. The number of hydrogen-bond acceptors (Lipinski definition) is 7. The monoisotopic (exact) mass is 413 g/mol. The Hall–Kier alpha value is -4.32. The first-order valence-corrected chi connectivity index (χ1v) is 9.54. The molecule has 0 N–H and O–H groups in total. The van der Waals surface area contributed by atoms with E-state index < -0.39 is 11.5 Å². The molecule has 0 aliphatic carbocycles. The van der Waals surface area contributed by atoms with Crippen LogP contribution in [0.3, 0.4) is 0 Å². The van der Waals surface area contributed by atoms with E-state index in [2.05, 4.69) is 26.7 Å². The highest BCUT2D eigenvalue weighted by molar-refractivity contribution is 5.77. The van der Waals surface area contributed by atoms with Gasteiger partial charge >= 0.3 is 5.97 Å². The van der Waals surface area contributed by atoms with E-state index in [-0.39, 0.29) is 6.61 Å². The lowest BCUT2D eigenvalue weighted by Crippen LogP contribution is -2.37. The normalized spacial score (nSPS) is 11.1. The number of nitriles is 1. The molecule has 0 saturated carbocycles. The summed E-state index contributed by atoms with van der Waals surface area (Å²) in [6.07, 6.45) is 3.34. The van der Waals surface area contributed by atoms with E-state index in [1.807, 2.05) is 30.3 Å². The molecule has 0 spiro atoms. The summed E-state index contributed by atoms with van der Waals surface area (Å²) in [6.45, 7) is 3.61. The Kier molecular flexibility index (Phi) is 5.28. The minimum Gasteiger partial charge on any atom is -0.459 e. The van der Waals surface area contributed by atoms with Gasteiger partial charge in [-0.3, -0.25) is 0 Å². The lowest BCUT2D eigenvalue weighted by molar-refractivity contribution is -0.154. The maximum atomic E-state index is 12.7. The summed E-state index contributed by atoms with van der Waals surface area (Å²) in [7, 11) is 0. The molecule has 0 fully saturated rings. The van der Waals surface area contributed by atoms with Crippen LogP contribution in [0.15, 0.2) is 67.0 Å². The van der Waals surface area contributed by atoms with E-state index >= 15 is 0 Å². The number of nitrogens with zero attached hydrogens (tertiary/aromatic N) is 7. The molecule has 0 aliphatic heterocycles. The second kappa shape index (κ2) is 8.20. The Labute approximate surface area is 178 Å². The number of carbonyl (C=O) groups is 1. The first-order valence-electron chi connectivity index (χ1n) is 9.54. The minimum atomic E-state index is -1.05. The second-order valence-corrected chi connectivity index (χ2v) is 7.38. The van der Waals surface area contributed by atoms with Crippen LogP contribution in [0.2, 0.25) is 0 Å². The largest absolute Gasteiger partial charge is 0.459 e. The zero-order valence-corrected chi connectivity index (χ0v) is 17.0. The molecule has 0 unspecified atom stereocenters. The standard InChI is InChI=1S/C22H19N7O2/c1-22(2,21(30)31-15-17-6-4-3-5-7-17)29-14-20(25-27-29)19-13-28(26-24-19)18-10-8-16(12-23)9-11-18/h3-11,13-14H,15H2,1-2H3. The van der Waals surface area contributed by atoms with E-state index in [1.165, 1.54) is 4.68 Å². The van der Waals surface area contributed by atoms with Gasteiger partial charge in [0.2, 0.25) is 0 Å². The lowest BCUT2D eigenvalue weighted by atomic mass is 10.1. The summed E-state index contributed by atoms with van der Waals surface area (Å²) < 4.78 is 8.49. The third kappa shape index (κ3) is 4.18. The fourth-order valence-electron chi connectivity index (χ4n) is 2.84. The van der Waals surface area contributed by atoms with Gasteiger partial charge < -0.3 is 4.74 Å². The van der Waals surface area contributed by atoms with Crippen LogP contribution >= 0.6 is 0 Å². The van der Waals surface area contributed by atoms with Crippen LogP contribution in [0.5, 0.6) is 0 Å². The van der Waals surface area contributed by atoms with E-state index in [9.17, 15) is 4.79 Å². The molecule has 154 valence electrons. The van der Waals surface area contributed by atoms with Crippen LogP contribution < -0.4 is 0 Å². The van der Waals surface area contributed by atoms with Gasteiger partial charge in [-0.05, 0) is 43.7 Å². The Morgan fingerprint density at radius 3 is 2.39 bits per heavy atom. The van der Waals surface area contributed by atoms with Gasteiger partial charge in [-0.25, -0.2) is 14.2 Å². The lowest BCUT2D eigenvalue weighted by Gasteiger charge is -2.22. The van der Waals surface area contributed by atoms with Crippen LogP contribution in [0.25, 0.3) is 17.1 Å². The number of ether oxygens (including phenoxy) is 1. The first kappa shape index (κ1) is 20.0. The van der Waals surface area contributed by atoms with Crippen molar-refractivity contribution in [2.24, 2.45) is 0 Å². The average Bonchev–Trinajstić information content (AvgIpc) is 3.48. The van der Waals surface area contributed by atoms with Crippen molar-refractivity contribution < 1.29 is 9.53 Å². The van der Waals surface area contributed by atoms with Gasteiger partial charge in [0.05, 0.1) is 29.7 Å². The molecule has 0 aliphatic rings.